The molecule has 128 valence electrons. The largest absolute Gasteiger partial charge is 0.497 e. The Morgan fingerprint density at radius 1 is 0.960 bits per heavy atom. The summed E-state index contributed by atoms with van der Waals surface area (Å²) in [7, 11) is -2.04. The summed E-state index contributed by atoms with van der Waals surface area (Å²) in [5.74, 6) is 0.791. The Labute approximate surface area is 147 Å². The van der Waals surface area contributed by atoms with Gasteiger partial charge >= 0.3 is 0 Å². The molecule has 0 amide bonds. The van der Waals surface area contributed by atoms with Crippen LogP contribution in [0.4, 0.5) is 0 Å². The van der Waals surface area contributed by atoms with Crippen LogP contribution < -0.4 is 9.57 Å². The molecule has 0 aromatic heterocycles. The van der Waals surface area contributed by atoms with E-state index in [9.17, 15) is 8.42 Å². The fourth-order valence-electron chi connectivity index (χ4n) is 2.39. The van der Waals surface area contributed by atoms with Crippen LogP contribution in [-0.4, -0.2) is 21.7 Å². The van der Waals surface area contributed by atoms with Crippen molar-refractivity contribution in [3.05, 3.63) is 71.8 Å². The van der Waals surface area contributed by atoms with Crippen LogP contribution in [0.2, 0.25) is 0 Å². The maximum atomic E-state index is 12.2. The van der Waals surface area contributed by atoms with Gasteiger partial charge in [-0.25, -0.2) is 4.83 Å². The molecule has 0 aliphatic rings. The molecule has 0 spiro atoms. The second-order valence-corrected chi connectivity index (χ2v) is 7.30. The van der Waals surface area contributed by atoms with E-state index in [0.717, 1.165) is 27.6 Å². The third-order valence-corrected chi connectivity index (χ3v) is 5.03. The van der Waals surface area contributed by atoms with E-state index in [0.29, 0.717) is 0 Å². The molecule has 0 fully saturated rings. The number of hydrazone groups is 1. The van der Waals surface area contributed by atoms with Gasteiger partial charge in [-0.15, -0.1) is 0 Å². The van der Waals surface area contributed by atoms with Crippen molar-refractivity contribution in [2.45, 2.75) is 11.8 Å². The first-order valence-electron chi connectivity index (χ1n) is 7.67. The number of nitrogens with zero attached hydrogens (tertiary/aromatic N) is 1. The second-order valence-electron chi connectivity index (χ2n) is 5.64. The number of hydrogen-bond donors (Lipinski definition) is 1. The van der Waals surface area contributed by atoms with Crippen molar-refractivity contribution < 1.29 is 13.2 Å². The number of rotatable bonds is 5. The van der Waals surface area contributed by atoms with Crippen LogP contribution >= 0.6 is 0 Å². The number of aryl methyl sites for hydroxylation is 1. The number of nitrogens with one attached hydrogen (secondary N) is 1. The zero-order valence-corrected chi connectivity index (χ0v) is 14.7. The molecule has 3 rings (SSSR count). The van der Waals surface area contributed by atoms with Crippen LogP contribution in [0.5, 0.6) is 5.75 Å². The fraction of sp³-hybridized carbons (Fsp3) is 0.105. The predicted octanol–water partition coefficient (Wildman–Crippen LogP) is 3.47. The lowest BCUT2D eigenvalue weighted by molar-refractivity contribution is 0.415. The van der Waals surface area contributed by atoms with Crippen molar-refractivity contribution in [2.75, 3.05) is 7.11 Å². The number of fused-ring (bicyclic) bond motifs is 1. The smallest absolute Gasteiger partial charge is 0.276 e. The molecule has 0 saturated carbocycles. The zero-order chi connectivity index (χ0) is 17.9. The minimum atomic E-state index is -3.66. The highest BCUT2D eigenvalue weighted by molar-refractivity contribution is 7.89. The van der Waals surface area contributed by atoms with Gasteiger partial charge in [-0.3, -0.25) is 0 Å². The lowest BCUT2D eigenvalue weighted by Crippen LogP contribution is -2.18. The van der Waals surface area contributed by atoms with Crippen molar-refractivity contribution in [3.8, 4) is 5.75 Å². The molecule has 3 aromatic carbocycles. The van der Waals surface area contributed by atoms with Gasteiger partial charge in [-0.05, 0) is 53.6 Å². The van der Waals surface area contributed by atoms with Crippen LogP contribution in [0.1, 0.15) is 11.1 Å². The van der Waals surface area contributed by atoms with Crippen molar-refractivity contribution in [3.63, 3.8) is 0 Å². The monoisotopic (exact) mass is 354 g/mol. The topological polar surface area (TPSA) is 67.8 Å². The van der Waals surface area contributed by atoms with E-state index in [1.165, 1.54) is 6.21 Å². The summed E-state index contributed by atoms with van der Waals surface area (Å²) in [5, 5.41) is 5.92. The zero-order valence-electron chi connectivity index (χ0n) is 13.9. The van der Waals surface area contributed by atoms with Gasteiger partial charge in [0, 0.05) is 0 Å². The van der Waals surface area contributed by atoms with Crippen LogP contribution in [0.15, 0.2) is 70.7 Å². The fourth-order valence-corrected chi connectivity index (χ4v) is 3.18. The van der Waals surface area contributed by atoms with E-state index in [2.05, 4.69) is 9.93 Å². The SMILES string of the molecule is COc1ccc2cc(/C=N\NS(=O)(=O)c3ccc(C)cc3)ccc2c1. The third kappa shape index (κ3) is 3.97. The van der Waals surface area contributed by atoms with E-state index in [-0.39, 0.29) is 4.90 Å². The number of hydrogen-bond acceptors (Lipinski definition) is 4. The summed E-state index contributed by atoms with van der Waals surface area (Å²) in [6, 6.07) is 18.1. The van der Waals surface area contributed by atoms with Gasteiger partial charge in [0.15, 0.2) is 0 Å². The lowest BCUT2D eigenvalue weighted by Gasteiger charge is -2.04. The Hall–Kier alpha value is -2.86. The van der Waals surface area contributed by atoms with Crippen LogP contribution in [-0.2, 0) is 10.0 Å². The van der Waals surface area contributed by atoms with Gasteiger partial charge in [0.05, 0.1) is 18.2 Å². The van der Waals surface area contributed by atoms with E-state index in [4.69, 9.17) is 4.74 Å². The van der Waals surface area contributed by atoms with Crippen LogP contribution in [0.25, 0.3) is 10.8 Å². The average molecular weight is 354 g/mol. The Morgan fingerprint density at radius 3 is 2.36 bits per heavy atom. The van der Waals surface area contributed by atoms with E-state index in [1.807, 2.05) is 43.3 Å². The van der Waals surface area contributed by atoms with Crippen LogP contribution in [0.3, 0.4) is 0 Å². The normalized spacial score (nSPS) is 11.8. The van der Waals surface area contributed by atoms with Crippen molar-refractivity contribution >= 4 is 27.0 Å². The summed E-state index contributed by atoms with van der Waals surface area (Å²) < 4.78 is 29.6. The minimum Gasteiger partial charge on any atom is -0.497 e. The lowest BCUT2D eigenvalue weighted by atomic mass is 10.1. The first kappa shape index (κ1) is 17.0. The van der Waals surface area contributed by atoms with Crippen molar-refractivity contribution in [1.82, 2.24) is 4.83 Å². The molecule has 0 bridgehead atoms. The number of benzene rings is 3. The second kappa shape index (κ2) is 6.94. The maximum Gasteiger partial charge on any atom is 0.276 e. The molecular formula is C19H18N2O3S. The highest BCUT2D eigenvalue weighted by atomic mass is 32.2. The quantitative estimate of drug-likeness (QED) is 0.563. The Morgan fingerprint density at radius 2 is 1.64 bits per heavy atom. The highest BCUT2D eigenvalue weighted by Crippen LogP contribution is 2.21. The molecule has 0 aliphatic carbocycles. The van der Waals surface area contributed by atoms with Gasteiger partial charge in [0.25, 0.3) is 10.0 Å². The molecule has 0 heterocycles. The molecular weight excluding hydrogens is 336 g/mol. The molecule has 0 atom stereocenters. The van der Waals surface area contributed by atoms with Gasteiger partial charge < -0.3 is 4.74 Å². The molecule has 6 heteroatoms. The summed E-state index contributed by atoms with van der Waals surface area (Å²) in [4.78, 5) is 2.41. The molecule has 5 nitrogen and oxygen atoms in total. The van der Waals surface area contributed by atoms with Crippen molar-refractivity contribution in [2.24, 2.45) is 5.10 Å². The molecule has 1 N–H and O–H groups in total. The molecule has 25 heavy (non-hydrogen) atoms. The minimum absolute atomic E-state index is 0.181. The number of methoxy groups -OCH3 is 1. The number of ether oxygens (including phenoxy) is 1. The standard InChI is InChI=1S/C19H18N2O3S/c1-14-3-9-19(10-4-14)25(22,23)21-20-13-15-5-6-17-12-18(24-2)8-7-16(17)11-15/h3-13,21H,1-2H3/b20-13-. The van der Waals surface area contributed by atoms with E-state index < -0.39 is 10.0 Å². The summed E-state index contributed by atoms with van der Waals surface area (Å²) in [6.07, 6.45) is 1.48. The van der Waals surface area contributed by atoms with Gasteiger partial charge in [-0.1, -0.05) is 35.9 Å². The first-order chi connectivity index (χ1) is 12.0. The Kier molecular flexibility index (Phi) is 4.72. The van der Waals surface area contributed by atoms with Gasteiger partial charge in [0.2, 0.25) is 0 Å². The molecule has 0 unspecified atom stereocenters. The first-order valence-corrected chi connectivity index (χ1v) is 9.16. The summed E-state index contributed by atoms with van der Waals surface area (Å²) in [5.41, 5.74) is 1.79. The Balaban J connectivity index is 1.77. The summed E-state index contributed by atoms with van der Waals surface area (Å²) >= 11 is 0. The number of sulfonamides is 1. The molecule has 0 radical (unpaired) electrons. The van der Waals surface area contributed by atoms with E-state index >= 15 is 0 Å². The highest BCUT2D eigenvalue weighted by Gasteiger charge is 2.11. The molecule has 0 aliphatic heterocycles. The average Bonchev–Trinajstić information content (AvgIpc) is 2.61. The predicted molar refractivity (Wildman–Crippen MR) is 99.6 cm³/mol. The van der Waals surface area contributed by atoms with Gasteiger partial charge in [-0.2, -0.15) is 13.5 Å². The molecule has 3 aromatic rings. The van der Waals surface area contributed by atoms with Gasteiger partial charge in [0.1, 0.15) is 5.75 Å². The van der Waals surface area contributed by atoms with E-state index in [1.54, 1.807) is 31.4 Å². The third-order valence-electron chi connectivity index (χ3n) is 3.79. The van der Waals surface area contributed by atoms with Crippen LogP contribution in [0, 0.1) is 6.92 Å². The summed E-state index contributed by atoms with van der Waals surface area (Å²) in [6.45, 7) is 1.90. The maximum absolute atomic E-state index is 12.2. The molecule has 0 saturated heterocycles. The van der Waals surface area contributed by atoms with Crippen molar-refractivity contribution in [1.29, 1.82) is 0 Å². The Bertz CT molecular complexity index is 1030.